The number of halogens is 1. The number of hydrogen-bond acceptors (Lipinski definition) is 6. The Morgan fingerprint density at radius 1 is 1.56 bits per heavy atom. The first-order valence-corrected chi connectivity index (χ1v) is 6.91. The van der Waals surface area contributed by atoms with Crippen LogP contribution >= 0.6 is 23.4 Å². The fourth-order valence-corrected chi connectivity index (χ4v) is 2.15. The SMILES string of the molecule is O=[N+]([O-])c1cc(Cl)cnc1NCCSCCCO. The highest BCUT2D eigenvalue weighted by molar-refractivity contribution is 7.99. The summed E-state index contributed by atoms with van der Waals surface area (Å²) < 4.78 is 0. The smallest absolute Gasteiger partial charge is 0.312 e. The monoisotopic (exact) mass is 291 g/mol. The van der Waals surface area contributed by atoms with E-state index in [1.807, 2.05) is 0 Å². The average Bonchev–Trinajstić information content (AvgIpc) is 2.35. The van der Waals surface area contributed by atoms with Crippen LogP contribution in [-0.2, 0) is 0 Å². The molecule has 0 unspecified atom stereocenters. The number of rotatable bonds is 8. The van der Waals surface area contributed by atoms with Gasteiger partial charge in [-0.05, 0) is 12.2 Å². The minimum atomic E-state index is -0.514. The summed E-state index contributed by atoms with van der Waals surface area (Å²) in [7, 11) is 0. The largest absolute Gasteiger partial charge is 0.396 e. The van der Waals surface area contributed by atoms with Crippen LogP contribution in [0.2, 0.25) is 5.02 Å². The Bertz CT molecular complexity index is 406. The summed E-state index contributed by atoms with van der Waals surface area (Å²) >= 11 is 7.33. The van der Waals surface area contributed by atoms with Crippen molar-refractivity contribution in [2.24, 2.45) is 0 Å². The fourth-order valence-electron chi connectivity index (χ4n) is 1.21. The van der Waals surface area contributed by atoms with Crippen LogP contribution in [0.3, 0.4) is 0 Å². The number of anilines is 1. The summed E-state index contributed by atoms with van der Waals surface area (Å²) in [5.74, 6) is 1.89. The van der Waals surface area contributed by atoms with E-state index in [0.29, 0.717) is 6.54 Å². The lowest BCUT2D eigenvalue weighted by Gasteiger charge is -2.06. The average molecular weight is 292 g/mol. The normalized spacial score (nSPS) is 10.3. The molecule has 8 heteroatoms. The van der Waals surface area contributed by atoms with Crippen molar-refractivity contribution in [3.63, 3.8) is 0 Å². The molecule has 0 amide bonds. The molecule has 0 bridgehead atoms. The highest BCUT2D eigenvalue weighted by Crippen LogP contribution is 2.24. The molecule has 6 nitrogen and oxygen atoms in total. The topological polar surface area (TPSA) is 88.3 Å². The van der Waals surface area contributed by atoms with E-state index in [1.165, 1.54) is 12.3 Å². The van der Waals surface area contributed by atoms with Crippen molar-refractivity contribution in [1.29, 1.82) is 0 Å². The molecule has 0 aliphatic carbocycles. The maximum Gasteiger partial charge on any atom is 0.312 e. The van der Waals surface area contributed by atoms with E-state index in [2.05, 4.69) is 10.3 Å². The Balaban J connectivity index is 2.44. The lowest BCUT2D eigenvalue weighted by atomic mass is 10.4. The van der Waals surface area contributed by atoms with E-state index in [4.69, 9.17) is 16.7 Å². The molecule has 0 aromatic carbocycles. The zero-order valence-corrected chi connectivity index (χ0v) is 11.2. The number of aliphatic hydroxyl groups is 1. The Labute approximate surface area is 114 Å². The number of nitro groups is 1. The molecule has 2 N–H and O–H groups in total. The third kappa shape index (κ3) is 5.07. The van der Waals surface area contributed by atoms with Crippen molar-refractivity contribution in [2.45, 2.75) is 6.42 Å². The number of pyridine rings is 1. The van der Waals surface area contributed by atoms with E-state index in [-0.39, 0.29) is 23.1 Å². The predicted molar refractivity (Wildman–Crippen MR) is 73.4 cm³/mol. The Morgan fingerprint density at radius 3 is 3.00 bits per heavy atom. The molecule has 0 radical (unpaired) electrons. The van der Waals surface area contributed by atoms with Crippen molar-refractivity contribution in [2.75, 3.05) is 30.0 Å². The molecule has 0 aliphatic heterocycles. The van der Waals surface area contributed by atoms with Gasteiger partial charge in [0, 0.05) is 31.2 Å². The molecule has 1 aromatic rings. The van der Waals surface area contributed by atoms with Crippen LogP contribution in [0.4, 0.5) is 11.5 Å². The van der Waals surface area contributed by atoms with Crippen molar-refractivity contribution in [3.8, 4) is 0 Å². The van der Waals surface area contributed by atoms with Gasteiger partial charge in [-0.15, -0.1) is 0 Å². The summed E-state index contributed by atoms with van der Waals surface area (Å²) in [5.41, 5.74) is -0.122. The standard InChI is InChI=1S/C10H14ClN3O3S/c11-8-6-9(14(16)17)10(13-7-8)12-2-5-18-4-1-3-15/h6-7,15H,1-5H2,(H,12,13). The maximum atomic E-state index is 10.8. The number of thioether (sulfide) groups is 1. The first kappa shape index (κ1) is 15.0. The van der Waals surface area contributed by atoms with Crippen molar-refractivity contribution in [3.05, 3.63) is 27.4 Å². The summed E-state index contributed by atoms with van der Waals surface area (Å²) in [6, 6.07) is 1.27. The second-order valence-electron chi connectivity index (χ2n) is 3.39. The second-order valence-corrected chi connectivity index (χ2v) is 5.06. The molecule has 0 aliphatic rings. The molecule has 0 spiro atoms. The van der Waals surface area contributed by atoms with Crippen LogP contribution < -0.4 is 5.32 Å². The summed E-state index contributed by atoms with van der Waals surface area (Å²) in [5, 5.41) is 22.5. The highest BCUT2D eigenvalue weighted by Gasteiger charge is 2.15. The second kappa shape index (κ2) is 8.12. The fraction of sp³-hybridized carbons (Fsp3) is 0.500. The first-order chi connectivity index (χ1) is 8.65. The molecular formula is C10H14ClN3O3S. The van der Waals surface area contributed by atoms with Gasteiger partial charge in [-0.3, -0.25) is 10.1 Å². The molecule has 18 heavy (non-hydrogen) atoms. The molecule has 0 saturated heterocycles. The third-order valence-electron chi connectivity index (χ3n) is 2.02. The lowest BCUT2D eigenvalue weighted by molar-refractivity contribution is -0.384. The zero-order valence-electron chi connectivity index (χ0n) is 9.63. The van der Waals surface area contributed by atoms with Gasteiger partial charge in [-0.25, -0.2) is 4.98 Å². The molecule has 100 valence electrons. The van der Waals surface area contributed by atoms with Gasteiger partial charge in [-0.2, -0.15) is 11.8 Å². The minimum Gasteiger partial charge on any atom is -0.396 e. The molecule has 1 heterocycles. The van der Waals surface area contributed by atoms with Gasteiger partial charge in [0.2, 0.25) is 5.82 Å². The van der Waals surface area contributed by atoms with E-state index >= 15 is 0 Å². The van der Waals surface area contributed by atoms with E-state index in [9.17, 15) is 10.1 Å². The molecule has 0 saturated carbocycles. The Hall–Kier alpha value is -1.05. The van der Waals surface area contributed by atoms with Gasteiger partial charge in [-0.1, -0.05) is 11.6 Å². The van der Waals surface area contributed by atoms with Crippen LogP contribution in [-0.4, -0.2) is 39.7 Å². The zero-order chi connectivity index (χ0) is 13.4. The summed E-state index contributed by atoms with van der Waals surface area (Å²) in [6.45, 7) is 0.760. The Morgan fingerprint density at radius 2 is 2.33 bits per heavy atom. The van der Waals surface area contributed by atoms with Gasteiger partial charge in [0.25, 0.3) is 0 Å². The van der Waals surface area contributed by atoms with Crippen LogP contribution in [0.25, 0.3) is 0 Å². The van der Waals surface area contributed by atoms with E-state index in [0.717, 1.165) is 17.9 Å². The van der Waals surface area contributed by atoms with Crippen LogP contribution in [0.1, 0.15) is 6.42 Å². The molecule has 0 fully saturated rings. The highest BCUT2D eigenvalue weighted by atomic mass is 35.5. The maximum absolute atomic E-state index is 10.8. The van der Waals surface area contributed by atoms with E-state index in [1.54, 1.807) is 11.8 Å². The van der Waals surface area contributed by atoms with Gasteiger partial charge in [0.05, 0.1) is 9.95 Å². The number of nitrogens with one attached hydrogen (secondary N) is 1. The predicted octanol–water partition coefficient (Wildman–Crippen LogP) is 2.17. The third-order valence-corrected chi connectivity index (χ3v) is 3.29. The summed E-state index contributed by atoms with van der Waals surface area (Å²) in [6.07, 6.45) is 2.12. The van der Waals surface area contributed by atoms with Crippen molar-refractivity contribution >= 4 is 34.9 Å². The van der Waals surface area contributed by atoms with E-state index < -0.39 is 4.92 Å². The van der Waals surface area contributed by atoms with Crippen LogP contribution in [0, 0.1) is 10.1 Å². The van der Waals surface area contributed by atoms with Crippen LogP contribution in [0.15, 0.2) is 12.3 Å². The quantitative estimate of drug-likeness (QED) is 0.433. The lowest BCUT2D eigenvalue weighted by Crippen LogP contribution is -2.08. The van der Waals surface area contributed by atoms with Gasteiger partial charge in [0.15, 0.2) is 0 Å². The number of hydrogen-bond donors (Lipinski definition) is 2. The Kier molecular flexibility index (Phi) is 6.77. The number of aromatic nitrogens is 1. The summed E-state index contributed by atoms with van der Waals surface area (Å²) in [4.78, 5) is 14.2. The number of nitrogens with zero attached hydrogens (tertiary/aromatic N) is 2. The number of aliphatic hydroxyl groups excluding tert-OH is 1. The molecule has 1 aromatic heterocycles. The first-order valence-electron chi connectivity index (χ1n) is 5.37. The molecule has 0 atom stereocenters. The van der Waals surface area contributed by atoms with Crippen molar-refractivity contribution in [1.82, 2.24) is 4.98 Å². The van der Waals surface area contributed by atoms with Gasteiger partial charge in [0.1, 0.15) is 0 Å². The van der Waals surface area contributed by atoms with Crippen molar-refractivity contribution < 1.29 is 10.0 Å². The molecular weight excluding hydrogens is 278 g/mol. The van der Waals surface area contributed by atoms with Crippen LogP contribution in [0.5, 0.6) is 0 Å². The van der Waals surface area contributed by atoms with Gasteiger partial charge >= 0.3 is 5.69 Å². The van der Waals surface area contributed by atoms with Gasteiger partial charge < -0.3 is 10.4 Å². The minimum absolute atomic E-state index is 0.122. The molecule has 1 rings (SSSR count).